The van der Waals surface area contributed by atoms with Crippen molar-refractivity contribution in [3.8, 4) is 17.6 Å². The van der Waals surface area contributed by atoms with E-state index in [1.165, 1.54) is 23.8 Å². The van der Waals surface area contributed by atoms with E-state index < -0.39 is 22.7 Å². The summed E-state index contributed by atoms with van der Waals surface area (Å²) in [7, 11) is -0.250. The number of likely N-dealkylation sites (tertiary alicyclic amines) is 1. The topological polar surface area (TPSA) is 96.9 Å². The van der Waals surface area contributed by atoms with Gasteiger partial charge in [0, 0.05) is 42.4 Å². The Kier molecular flexibility index (Phi) is 9.94. The van der Waals surface area contributed by atoms with Crippen LogP contribution in [0, 0.1) is 11.8 Å². The van der Waals surface area contributed by atoms with Gasteiger partial charge >= 0.3 is 6.18 Å². The fraction of sp³-hybridized carbons (Fsp3) is 0.484. The summed E-state index contributed by atoms with van der Waals surface area (Å²) in [6.07, 6.45) is -1.30. The normalized spacial score (nSPS) is 17.3. The van der Waals surface area contributed by atoms with Crippen LogP contribution in [0.15, 0.2) is 47.4 Å². The van der Waals surface area contributed by atoms with Crippen molar-refractivity contribution in [3.05, 3.63) is 48.2 Å². The van der Waals surface area contributed by atoms with E-state index in [1.807, 2.05) is 6.07 Å². The van der Waals surface area contributed by atoms with Crippen LogP contribution in [-0.4, -0.2) is 83.2 Å². The lowest BCUT2D eigenvalue weighted by molar-refractivity contribution is -0.140. The number of benzene rings is 2. The fourth-order valence-electron chi connectivity index (χ4n) is 5.60. The molecule has 0 radical (unpaired) electrons. The van der Waals surface area contributed by atoms with Gasteiger partial charge in [0.2, 0.25) is 10.0 Å². The Balaban J connectivity index is 1.33. The molecule has 2 fully saturated rings. The molecule has 2 aliphatic rings. The molecule has 0 unspecified atom stereocenters. The van der Waals surface area contributed by atoms with E-state index in [4.69, 9.17) is 9.47 Å². The van der Waals surface area contributed by atoms with Gasteiger partial charge in [0.15, 0.2) is 0 Å². The number of sulfonamides is 1. The Hall–Kier alpha value is -3.44. The van der Waals surface area contributed by atoms with Crippen molar-refractivity contribution in [1.82, 2.24) is 14.2 Å². The van der Waals surface area contributed by atoms with Crippen LogP contribution in [0.5, 0.6) is 5.75 Å². The summed E-state index contributed by atoms with van der Waals surface area (Å²) in [6, 6.07) is 11.6. The van der Waals surface area contributed by atoms with Gasteiger partial charge < -0.3 is 29.6 Å². The standard InChI is InChI=1S/C31H38F3N5O4S/c1-38-15-10-22(11-16-38)36-27-6-3-7-29-26(27)19-24(39(29)21-31(32,33)34)5-4-14-35-28-9-8-25(20-30(28)42-2)44(40,41)37-23-12-17-43-18-13-23/h3,6-9,19-20,22-23,35-37H,10-18,21H2,1-2H3. The van der Waals surface area contributed by atoms with Gasteiger partial charge in [0.25, 0.3) is 0 Å². The Labute approximate surface area is 256 Å². The molecule has 238 valence electrons. The molecular formula is C31H38F3N5O4S. The predicted octanol–water partition coefficient (Wildman–Crippen LogP) is 4.64. The Morgan fingerprint density at radius 3 is 2.48 bits per heavy atom. The van der Waals surface area contributed by atoms with Crippen LogP contribution in [0.3, 0.4) is 0 Å². The highest BCUT2D eigenvalue weighted by Crippen LogP contribution is 2.32. The first-order chi connectivity index (χ1) is 21.0. The van der Waals surface area contributed by atoms with Crippen LogP contribution in [0.25, 0.3) is 10.9 Å². The number of alkyl halides is 3. The lowest BCUT2D eigenvalue weighted by Gasteiger charge is -2.30. The molecule has 0 spiro atoms. The molecular weight excluding hydrogens is 595 g/mol. The minimum atomic E-state index is -4.42. The highest BCUT2D eigenvalue weighted by atomic mass is 32.2. The maximum Gasteiger partial charge on any atom is 0.406 e. The van der Waals surface area contributed by atoms with Crippen LogP contribution < -0.4 is 20.1 Å². The van der Waals surface area contributed by atoms with Crippen LogP contribution in [-0.2, 0) is 21.3 Å². The van der Waals surface area contributed by atoms with Crippen molar-refractivity contribution in [3.63, 3.8) is 0 Å². The van der Waals surface area contributed by atoms with Gasteiger partial charge in [-0.1, -0.05) is 12.0 Å². The molecule has 3 aromatic rings. The van der Waals surface area contributed by atoms with Gasteiger partial charge in [-0.25, -0.2) is 13.1 Å². The van der Waals surface area contributed by atoms with E-state index >= 15 is 0 Å². The van der Waals surface area contributed by atoms with Gasteiger partial charge in [0.05, 0.1) is 35.4 Å². The number of nitrogens with one attached hydrogen (secondary N) is 3. The molecule has 0 amide bonds. The zero-order chi connectivity index (χ0) is 31.3. The number of methoxy groups -OCH3 is 1. The van der Waals surface area contributed by atoms with E-state index in [1.54, 1.807) is 24.3 Å². The van der Waals surface area contributed by atoms with E-state index in [9.17, 15) is 21.6 Å². The van der Waals surface area contributed by atoms with Crippen molar-refractivity contribution in [2.45, 2.75) is 55.4 Å². The van der Waals surface area contributed by atoms with Gasteiger partial charge in [-0.2, -0.15) is 13.2 Å². The third kappa shape index (κ3) is 7.98. The number of hydrogen-bond acceptors (Lipinski definition) is 7. The zero-order valence-corrected chi connectivity index (χ0v) is 25.7. The predicted molar refractivity (Wildman–Crippen MR) is 165 cm³/mol. The summed E-state index contributed by atoms with van der Waals surface area (Å²) in [6.45, 7) is 1.88. The number of aromatic nitrogens is 1. The fourth-order valence-corrected chi connectivity index (χ4v) is 6.92. The maximum absolute atomic E-state index is 13.6. The third-order valence-electron chi connectivity index (χ3n) is 7.97. The Morgan fingerprint density at radius 1 is 1.02 bits per heavy atom. The summed E-state index contributed by atoms with van der Waals surface area (Å²) in [5.74, 6) is 6.13. The maximum atomic E-state index is 13.6. The number of rotatable bonds is 9. The second-order valence-corrected chi connectivity index (χ2v) is 12.9. The molecule has 0 aliphatic carbocycles. The first kappa shape index (κ1) is 32.0. The van der Waals surface area contributed by atoms with Crippen LogP contribution >= 0.6 is 0 Å². The van der Waals surface area contributed by atoms with Gasteiger partial charge in [-0.3, -0.25) is 0 Å². The second-order valence-electron chi connectivity index (χ2n) is 11.2. The molecule has 44 heavy (non-hydrogen) atoms. The number of nitrogens with zero attached hydrogens (tertiary/aromatic N) is 2. The molecule has 0 atom stereocenters. The highest BCUT2D eigenvalue weighted by molar-refractivity contribution is 7.89. The van der Waals surface area contributed by atoms with Crippen molar-refractivity contribution in [2.75, 3.05) is 57.6 Å². The number of hydrogen-bond donors (Lipinski definition) is 3. The highest BCUT2D eigenvalue weighted by Gasteiger charge is 2.30. The molecule has 1 aromatic heterocycles. The number of halogens is 3. The molecule has 3 heterocycles. The molecule has 3 N–H and O–H groups in total. The number of piperidine rings is 1. The number of ether oxygens (including phenoxy) is 2. The Bertz CT molecular complexity index is 1620. The minimum Gasteiger partial charge on any atom is -0.495 e. The smallest absolute Gasteiger partial charge is 0.406 e. The number of anilines is 2. The molecule has 2 aromatic carbocycles. The zero-order valence-electron chi connectivity index (χ0n) is 24.8. The van der Waals surface area contributed by atoms with Crippen LogP contribution in [0.2, 0.25) is 0 Å². The molecule has 0 saturated carbocycles. The minimum absolute atomic E-state index is 0.0683. The Morgan fingerprint density at radius 2 is 1.77 bits per heavy atom. The van der Waals surface area contributed by atoms with E-state index in [-0.39, 0.29) is 29.2 Å². The molecule has 2 saturated heterocycles. The summed E-state index contributed by atoms with van der Waals surface area (Å²) in [5.41, 5.74) is 2.02. The molecule has 5 rings (SSSR count). The summed E-state index contributed by atoms with van der Waals surface area (Å²) >= 11 is 0. The average Bonchev–Trinajstić information content (AvgIpc) is 3.33. The number of fused-ring (bicyclic) bond motifs is 1. The summed E-state index contributed by atoms with van der Waals surface area (Å²) in [4.78, 5) is 2.33. The monoisotopic (exact) mass is 633 g/mol. The van der Waals surface area contributed by atoms with Crippen molar-refractivity contribution >= 4 is 32.3 Å². The van der Waals surface area contributed by atoms with Crippen molar-refractivity contribution in [2.24, 2.45) is 0 Å². The van der Waals surface area contributed by atoms with E-state index in [2.05, 4.69) is 39.1 Å². The van der Waals surface area contributed by atoms with Gasteiger partial charge in [0.1, 0.15) is 12.3 Å². The van der Waals surface area contributed by atoms with Gasteiger partial charge in [-0.15, -0.1) is 0 Å². The first-order valence-electron chi connectivity index (χ1n) is 14.7. The first-order valence-corrected chi connectivity index (χ1v) is 16.2. The van der Waals surface area contributed by atoms with Crippen molar-refractivity contribution in [1.29, 1.82) is 0 Å². The molecule has 2 aliphatic heterocycles. The van der Waals surface area contributed by atoms with Crippen LogP contribution in [0.1, 0.15) is 31.4 Å². The second kappa shape index (κ2) is 13.7. The molecule has 0 bridgehead atoms. The molecule has 9 nitrogen and oxygen atoms in total. The average molecular weight is 634 g/mol. The van der Waals surface area contributed by atoms with E-state index in [0.717, 1.165) is 31.6 Å². The lowest BCUT2D eigenvalue weighted by atomic mass is 10.0. The third-order valence-corrected chi connectivity index (χ3v) is 9.49. The van der Waals surface area contributed by atoms with E-state index in [0.29, 0.717) is 48.4 Å². The van der Waals surface area contributed by atoms with Crippen molar-refractivity contribution < 1.29 is 31.1 Å². The SMILES string of the molecule is COc1cc(S(=O)(=O)NC2CCOCC2)ccc1NCC#Cc1cc2c(NC3CCN(C)CC3)cccc2n1CC(F)(F)F. The quantitative estimate of drug-likeness (QED) is 0.296. The summed E-state index contributed by atoms with van der Waals surface area (Å²) in [5, 5.41) is 7.32. The van der Waals surface area contributed by atoms with Gasteiger partial charge in [-0.05, 0) is 82.1 Å². The summed E-state index contributed by atoms with van der Waals surface area (Å²) < 4.78 is 81.3. The van der Waals surface area contributed by atoms with Crippen LogP contribution in [0.4, 0.5) is 24.5 Å². The lowest BCUT2D eigenvalue weighted by Crippen LogP contribution is -2.38. The molecule has 13 heteroatoms. The largest absolute Gasteiger partial charge is 0.495 e.